The summed E-state index contributed by atoms with van der Waals surface area (Å²) in [5.41, 5.74) is 1.34. The van der Waals surface area contributed by atoms with E-state index < -0.39 is 5.97 Å². The minimum Gasteiger partial charge on any atom is -0.506 e. The van der Waals surface area contributed by atoms with Crippen molar-refractivity contribution in [2.75, 3.05) is 6.61 Å². The average molecular weight is 386 g/mol. The van der Waals surface area contributed by atoms with Crippen LogP contribution < -0.4 is 0 Å². The van der Waals surface area contributed by atoms with Gasteiger partial charge >= 0.3 is 5.97 Å². The van der Waals surface area contributed by atoms with Gasteiger partial charge in [-0.3, -0.25) is 9.59 Å². The first-order valence-electron chi connectivity index (χ1n) is 9.33. The molecule has 0 unspecified atom stereocenters. The van der Waals surface area contributed by atoms with E-state index in [0.29, 0.717) is 34.9 Å². The van der Waals surface area contributed by atoms with Crippen LogP contribution in [0.3, 0.4) is 0 Å². The first-order chi connectivity index (χ1) is 14.1. The van der Waals surface area contributed by atoms with Gasteiger partial charge in [-0.25, -0.2) is 4.79 Å². The van der Waals surface area contributed by atoms with Gasteiger partial charge in [0.05, 0.1) is 6.61 Å². The standard InChI is InChI=1S/C24H18O5/c25-21-14-16(22(26)19-10-4-3-9-18(19)21)7-5-13-29-24(28)20-12-11-15-6-1-2-8-17(15)23(20)27/h1-4,6,8-12,14,27H,5,7,13H2. The van der Waals surface area contributed by atoms with Crippen LogP contribution in [-0.2, 0) is 4.74 Å². The molecule has 0 heterocycles. The largest absolute Gasteiger partial charge is 0.506 e. The SMILES string of the molecule is O=C1C=C(CCCOC(=O)c2ccc3ccccc3c2O)C(=O)c2ccccc21. The molecule has 1 aliphatic rings. The van der Waals surface area contributed by atoms with E-state index in [1.54, 1.807) is 42.5 Å². The number of hydrogen-bond donors (Lipinski definition) is 1. The van der Waals surface area contributed by atoms with Gasteiger partial charge in [0, 0.05) is 22.1 Å². The molecule has 0 amide bonds. The quantitative estimate of drug-likeness (QED) is 0.516. The molecule has 0 spiro atoms. The molecule has 0 saturated carbocycles. The minimum atomic E-state index is -0.626. The number of esters is 1. The smallest absolute Gasteiger partial charge is 0.341 e. The van der Waals surface area contributed by atoms with Crippen LogP contribution >= 0.6 is 0 Å². The molecule has 0 bridgehead atoms. The Morgan fingerprint density at radius 3 is 2.45 bits per heavy atom. The molecule has 1 aliphatic carbocycles. The number of phenols is 1. The third-order valence-corrected chi connectivity index (χ3v) is 4.98. The summed E-state index contributed by atoms with van der Waals surface area (Å²) in [6.07, 6.45) is 2.09. The molecule has 3 aromatic carbocycles. The Bertz CT molecular complexity index is 1170. The predicted molar refractivity (Wildman–Crippen MR) is 108 cm³/mol. The third kappa shape index (κ3) is 3.55. The fourth-order valence-electron chi connectivity index (χ4n) is 3.48. The van der Waals surface area contributed by atoms with Crippen LogP contribution in [0.2, 0.25) is 0 Å². The molecule has 0 aliphatic heterocycles. The second-order valence-corrected chi connectivity index (χ2v) is 6.83. The predicted octanol–water partition coefficient (Wildman–Crippen LogP) is 4.49. The maximum Gasteiger partial charge on any atom is 0.341 e. The Morgan fingerprint density at radius 1 is 0.897 bits per heavy atom. The number of hydrogen-bond acceptors (Lipinski definition) is 5. The Morgan fingerprint density at radius 2 is 1.62 bits per heavy atom. The number of phenolic OH excluding ortho intramolecular Hbond substituents is 1. The zero-order valence-corrected chi connectivity index (χ0v) is 15.6. The second kappa shape index (κ2) is 7.72. The average Bonchev–Trinajstić information content (AvgIpc) is 2.75. The molecule has 0 saturated heterocycles. The van der Waals surface area contributed by atoms with E-state index in [0.717, 1.165) is 5.39 Å². The van der Waals surface area contributed by atoms with Crippen LogP contribution in [0.4, 0.5) is 0 Å². The Kier molecular flexibility index (Phi) is 4.96. The molecular formula is C24H18O5. The monoisotopic (exact) mass is 386 g/mol. The maximum absolute atomic E-state index is 12.5. The van der Waals surface area contributed by atoms with E-state index in [1.165, 1.54) is 12.1 Å². The fraction of sp³-hybridized carbons (Fsp3) is 0.125. The highest BCUT2D eigenvalue weighted by Crippen LogP contribution is 2.29. The number of allylic oxidation sites excluding steroid dienone is 2. The minimum absolute atomic E-state index is 0.0750. The van der Waals surface area contributed by atoms with Gasteiger partial charge in [-0.05, 0) is 30.4 Å². The third-order valence-electron chi connectivity index (χ3n) is 4.98. The van der Waals surface area contributed by atoms with Crippen molar-refractivity contribution in [2.45, 2.75) is 12.8 Å². The zero-order valence-electron chi connectivity index (χ0n) is 15.6. The van der Waals surface area contributed by atoms with E-state index in [4.69, 9.17) is 4.74 Å². The maximum atomic E-state index is 12.5. The summed E-state index contributed by atoms with van der Waals surface area (Å²) in [7, 11) is 0. The number of benzene rings is 3. The second-order valence-electron chi connectivity index (χ2n) is 6.83. The lowest BCUT2D eigenvalue weighted by molar-refractivity contribution is 0.0497. The number of rotatable bonds is 5. The number of carbonyl (C=O) groups is 3. The summed E-state index contributed by atoms with van der Waals surface area (Å²) in [6.45, 7) is 0.0750. The molecule has 3 aromatic rings. The summed E-state index contributed by atoms with van der Waals surface area (Å²) in [5.74, 6) is -1.09. The van der Waals surface area contributed by atoms with Crippen molar-refractivity contribution in [1.29, 1.82) is 0 Å². The van der Waals surface area contributed by atoms with Gasteiger partial charge in [0.1, 0.15) is 11.3 Å². The molecule has 4 rings (SSSR count). The Labute approximate surface area is 167 Å². The van der Waals surface area contributed by atoms with E-state index in [1.807, 2.05) is 12.1 Å². The van der Waals surface area contributed by atoms with Gasteiger partial charge in [0.15, 0.2) is 11.6 Å². The van der Waals surface area contributed by atoms with Crippen molar-refractivity contribution >= 4 is 28.3 Å². The van der Waals surface area contributed by atoms with Gasteiger partial charge in [-0.15, -0.1) is 0 Å². The van der Waals surface area contributed by atoms with Crippen molar-refractivity contribution < 1.29 is 24.2 Å². The number of aromatic hydroxyl groups is 1. The van der Waals surface area contributed by atoms with E-state index in [9.17, 15) is 19.5 Å². The van der Waals surface area contributed by atoms with Gasteiger partial charge < -0.3 is 9.84 Å². The highest BCUT2D eigenvalue weighted by atomic mass is 16.5. The number of ketones is 2. The van der Waals surface area contributed by atoms with Crippen molar-refractivity contribution in [3.05, 3.63) is 89.0 Å². The van der Waals surface area contributed by atoms with Crippen LogP contribution in [0, 0.1) is 0 Å². The normalized spacial score (nSPS) is 13.2. The number of fused-ring (bicyclic) bond motifs is 2. The lowest BCUT2D eigenvalue weighted by Crippen LogP contribution is -2.17. The van der Waals surface area contributed by atoms with Gasteiger partial charge in [0.25, 0.3) is 0 Å². The molecule has 5 heteroatoms. The highest BCUT2D eigenvalue weighted by Gasteiger charge is 2.24. The molecule has 0 fully saturated rings. The molecule has 1 N–H and O–H groups in total. The summed E-state index contributed by atoms with van der Waals surface area (Å²) in [6, 6.07) is 17.2. The molecule has 0 atom stereocenters. The van der Waals surface area contributed by atoms with Gasteiger partial charge in [-0.1, -0.05) is 54.6 Å². The van der Waals surface area contributed by atoms with Crippen molar-refractivity contribution in [2.24, 2.45) is 0 Å². The summed E-state index contributed by atoms with van der Waals surface area (Å²) in [4.78, 5) is 37.0. The van der Waals surface area contributed by atoms with E-state index in [2.05, 4.69) is 0 Å². The number of Topliss-reactive ketones (excluding diaryl/α,β-unsaturated/α-hetero) is 1. The van der Waals surface area contributed by atoms with Crippen LogP contribution in [0.25, 0.3) is 10.8 Å². The van der Waals surface area contributed by atoms with Crippen LogP contribution in [0.5, 0.6) is 5.75 Å². The summed E-state index contributed by atoms with van der Waals surface area (Å²) >= 11 is 0. The fourth-order valence-corrected chi connectivity index (χ4v) is 3.48. The summed E-state index contributed by atoms with van der Waals surface area (Å²) in [5, 5.41) is 11.8. The molecule has 144 valence electrons. The first kappa shape index (κ1) is 18.6. The zero-order chi connectivity index (χ0) is 20.4. The molecule has 0 radical (unpaired) electrons. The van der Waals surface area contributed by atoms with E-state index >= 15 is 0 Å². The molecule has 29 heavy (non-hydrogen) atoms. The van der Waals surface area contributed by atoms with Crippen molar-refractivity contribution in [3.63, 3.8) is 0 Å². The van der Waals surface area contributed by atoms with Crippen molar-refractivity contribution in [1.82, 2.24) is 0 Å². The molecular weight excluding hydrogens is 368 g/mol. The highest BCUT2D eigenvalue weighted by molar-refractivity contribution is 6.24. The van der Waals surface area contributed by atoms with Gasteiger partial charge in [0.2, 0.25) is 0 Å². The van der Waals surface area contributed by atoms with E-state index in [-0.39, 0.29) is 29.5 Å². The lowest BCUT2D eigenvalue weighted by Gasteiger charge is -2.15. The van der Waals surface area contributed by atoms with Crippen LogP contribution in [0.15, 0.2) is 72.3 Å². The summed E-state index contributed by atoms with van der Waals surface area (Å²) < 4.78 is 5.26. The number of ether oxygens (including phenoxy) is 1. The Hall–Kier alpha value is -3.73. The van der Waals surface area contributed by atoms with Crippen LogP contribution in [-0.4, -0.2) is 29.2 Å². The van der Waals surface area contributed by atoms with Crippen LogP contribution in [0.1, 0.15) is 43.9 Å². The lowest BCUT2D eigenvalue weighted by atomic mass is 9.88. The van der Waals surface area contributed by atoms with Crippen molar-refractivity contribution in [3.8, 4) is 5.75 Å². The van der Waals surface area contributed by atoms with Gasteiger partial charge in [-0.2, -0.15) is 0 Å². The Balaban J connectivity index is 1.38. The number of carbonyl (C=O) groups excluding carboxylic acids is 3. The topological polar surface area (TPSA) is 80.7 Å². The first-order valence-corrected chi connectivity index (χ1v) is 9.33. The molecule has 5 nitrogen and oxygen atoms in total. The molecule has 0 aromatic heterocycles.